The van der Waals surface area contributed by atoms with Crippen LogP contribution in [-0.4, -0.2) is 19.7 Å². The van der Waals surface area contributed by atoms with E-state index >= 15 is 0 Å². The van der Waals surface area contributed by atoms with Gasteiger partial charge in [-0.1, -0.05) is 21.9 Å². The lowest BCUT2D eigenvalue weighted by molar-refractivity contribution is 0.0596. The first-order valence-electron chi connectivity index (χ1n) is 4.55. The number of terminal acetylenes is 1. The number of carbonyl (C=O) groups excluding carboxylic acids is 1. The van der Waals surface area contributed by atoms with Gasteiger partial charge in [-0.05, 0) is 24.6 Å². The van der Waals surface area contributed by atoms with Crippen LogP contribution in [0.25, 0.3) is 0 Å². The van der Waals surface area contributed by atoms with E-state index in [0.29, 0.717) is 11.3 Å². The molecule has 0 N–H and O–H groups in total. The number of halogens is 1. The van der Waals surface area contributed by atoms with Gasteiger partial charge in [0.2, 0.25) is 0 Å². The SMILES string of the molecule is C#CCOc1cc(C)c(Br)cc1C(=O)OC. The van der Waals surface area contributed by atoms with Gasteiger partial charge in [0.25, 0.3) is 0 Å². The standard InChI is InChI=1S/C12H11BrO3/c1-4-5-16-11-6-8(2)10(13)7-9(11)12(14)15-3/h1,6-7H,5H2,2-3H3. The van der Waals surface area contributed by atoms with Crippen molar-refractivity contribution in [2.45, 2.75) is 6.92 Å². The predicted octanol–water partition coefficient (Wildman–Crippen LogP) is 2.56. The Balaban J connectivity index is 3.17. The minimum atomic E-state index is -0.451. The molecule has 1 aromatic carbocycles. The van der Waals surface area contributed by atoms with Gasteiger partial charge in [0, 0.05) is 4.47 Å². The molecule has 1 rings (SSSR count). The smallest absolute Gasteiger partial charge is 0.341 e. The van der Waals surface area contributed by atoms with Crippen molar-refractivity contribution < 1.29 is 14.3 Å². The summed E-state index contributed by atoms with van der Waals surface area (Å²) in [7, 11) is 1.32. The molecule has 0 bridgehead atoms. The third-order valence-corrected chi connectivity index (χ3v) is 2.83. The van der Waals surface area contributed by atoms with E-state index in [1.54, 1.807) is 12.1 Å². The van der Waals surface area contributed by atoms with Crippen molar-refractivity contribution >= 4 is 21.9 Å². The maximum absolute atomic E-state index is 11.5. The highest BCUT2D eigenvalue weighted by molar-refractivity contribution is 9.10. The number of hydrogen-bond acceptors (Lipinski definition) is 3. The van der Waals surface area contributed by atoms with E-state index in [0.717, 1.165) is 10.0 Å². The van der Waals surface area contributed by atoms with Crippen LogP contribution >= 0.6 is 15.9 Å². The van der Waals surface area contributed by atoms with Crippen molar-refractivity contribution in [1.82, 2.24) is 0 Å². The van der Waals surface area contributed by atoms with Crippen LogP contribution in [-0.2, 0) is 4.74 Å². The van der Waals surface area contributed by atoms with Crippen molar-refractivity contribution in [2.75, 3.05) is 13.7 Å². The molecule has 1 aromatic rings. The summed E-state index contributed by atoms with van der Waals surface area (Å²) < 4.78 is 10.8. The third kappa shape index (κ3) is 2.77. The molecule has 0 saturated carbocycles. The molecule has 0 radical (unpaired) electrons. The molecule has 0 aliphatic heterocycles. The number of methoxy groups -OCH3 is 1. The van der Waals surface area contributed by atoms with Crippen LogP contribution in [0.5, 0.6) is 5.75 Å². The van der Waals surface area contributed by atoms with Gasteiger partial charge < -0.3 is 9.47 Å². The summed E-state index contributed by atoms with van der Waals surface area (Å²) in [6.45, 7) is 2.01. The zero-order chi connectivity index (χ0) is 12.1. The van der Waals surface area contributed by atoms with Crippen LogP contribution in [0, 0.1) is 19.3 Å². The van der Waals surface area contributed by atoms with Gasteiger partial charge in [-0.2, -0.15) is 0 Å². The molecule has 0 heterocycles. The molecule has 0 saturated heterocycles. The fraction of sp³-hybridized carbons (Fsp3) is 0.250. The Bertz CT molecular complexity index is 446. The molecule has 16 heavy (non-hydrogen) atoms. The van der Waals surface area contributed by atoms with Crippen molar-refractivity contribution in [3.05, 3.63) is 27.7 Å². The molecular formula is C12H11BrO3. The number of rotatable bonds is 3. The van der Waals surface area contributed by atoms with Gasteiger partial charge in [-0.3, -0.25) is 0 Å². The molecule has 4 heteroatoms. The summed E-state index contributed by atoms with van der Waals surface area (Å²) in [6.07, 6.45) is 5.10. The lowest BCUT2D eigenvalue weighted by Gasteiger charge is -2.10. The zero-order valence-corrected chi connectivity index (χ0v) is 10.6. The summed E-state index contributed by atoms with van der Waals surface area (Å²) in [6, 6.07) is 3.40. The van der Waals surface area contributed by atoms with Crippen LogP contribution in [0.15, 0.2) is 16.6 Å². The normalized spacial score (nSPS) is 9.38. The molecule has 84 valence electrons. The number of ether oxygens (including phenoxy) is 2. The molecule has 0 aliphatic carbocycles. The molecule has 0 amide bonds. The van der Waals surface area contributed by atoms with Crippen molar-refractivity contribution in [3.8, 4) is 18.1 Å². The highest BCUT2D eigenvalue weighted by atomic mass is 79.9. The molecule has 0 aliphatic rings. The molecule has 0 unspecified atom stereocenters. The second-order valence-electron chi connectivity index (χ2n) is 3.08. The van der Waals surface area contributed by atoms with E-state index in [9.17, 15) is 4.79 Å². The number of esters is 1. The summed E-state index contributed by atoms with van der Waals surface area (Å²) in [5.74, 6) is 2.33. The molecule has 0 atom stereocenters. The average molecular weight is 283 g/mol. The maximum Gasteiger partial charge on any atom is 0.341 e. The van der Waals surface area contributed by atoms with E-state index in [1.807, 2.05) is 6.92 Å². The first-order chi connectivity index (χ1) is 7.60. The monoisotopic (exact) mass is 282 g/mol. The first-order valence-corrected chi connectivity index (χ1v) is 5.34. The lowest BCUT2D eigenvalue weighted by atomic mass is 10.1. The Kier molecular flexibility index (Phi) is 4.39. The Hall–Kier alpha value is -1.47. The fourth-order valence-electron chi connectivity index (χ4n) is 1.16. The highest BCUT2D eigenvalue weighted by Crippen LogP contribution is 2.27. The van der Waals surface area contributed by atoms with Gasteiger partial charge in [-0.15, -0.1) is 6.42 Å². The molecular weight excluding hydrogens is 272 g/mol. The summed E-state index contributed by atoms with van der Waals surface area (Å²) in [4.78, 5) is 11.5. The summed E-state index contributed by atoms with van der Waals surface area (Å²) in [5, 5.41) is 0. The molecule has 0 spiro atoms. The van der Waals surface area contributed by atoms with E-state index < -0.39 is 5.97 Å². The number of hydrogen-bond donors (Lipinski definition) is 0. The van der Waals surface area contributed by atoms with E-state index in [1.165, 1.54) is 7.11 Å². The van der Waals surface area contributed by atoms with E-state index in [2.05, 4.69) is 26.6 Å². The number of carbonyl (C=O) groups is 1. The van der Waals surface area contributed by atoms with E-state index in [-0.39, 0.29) is 6.61 Å². The van der Waals surface area contributed by atoms with Crippen molar-refractivity contribution in [2.24, 2.45) is 0 Å². The third-order valence-electron chi connectivity index (χ3n) is 1.98. The van der Waals surface area contributed by atoms with Gasteiger partial charge in [-0.25, -0.2) is 4.79 Å². The van der Waals surface area contributed by atoms with Crippen molar-refractivity contribution in [1.29, 1.82) is 0 Å². The molecule has 3 nitrogen and oxygen atoms in total. The van der Waals surface area contributed by atoms with E-state index in [4.69, 9.17) is 11.2 Å². The topological polar surface area (TPSA) is 35.5 Å². The largest absolute Gasteiger partial charge is 0.480 e. The summed E-state index contributed by atoms with van der Waals surface area (Å²) >= 11 is 3.34. The van der Waals surface area contributed by atoms with Crippen LogP contribution in [0.4, 0.5) is 0 Å². The van der Waals surface area contributed by atoms with Gasteiger partial charge in [0.15, 0.2) is 0 Å². The second-order valence-corrected chi connectivity index (χ2v) is 3.94. The first kappa shape index (κ1) is 12.6. The zero-order valence-electron chi connectivity index (χ0n) is 9.04. The van der Waals surface area contributed by atoms with Crippen molar-refractivity contribution in [3.63, 3.8) is 0 Å². The second kappa shape index (κ2) is 5.57. The van der Waals surface area contributed by atoms with Crippen LogP contribution in [0.3, 0.4) is 0 Å². The number of benzene rings is 1. The van der Waals surface area contributed by atoms with Crippen LogP contribution in [0.2, 0.25) is 0 Å². The number of aryl methyl sites for hydroxylation is 1. The lowest BCUT2D eigenvalue weighted by Crippen LogP contribution is -2.06. The average Bonchev–Trinajstić information content (AvgIpc) is 2.29. The quantitative estimate of drug-likeness (QED) is 0.631. The Labute approximate surface area is 103 Å². The Morgan fingerprint density at radius 2 is 2.25 bits per heavy atom. The minimum Gasteiger partial charge on any atom is -0.480 e. The van der Waals surface area contributed by atoms with Crippen LogP contribution in [0.1, 0.15) is 15.9 Å². The van der Waals surface area contributed by atoms with Gasteiger partial charge >= 0.3 is 5.97 Å². The summed E-state index contributed by atoms with van der Waals surface area (Å²) in [5.41, 5.74) is 1.31. The van der Waals surface area contributed by atoms with Gasteiger partial charge in [0.05, 0.1) is 7.11 Å². The maximum atomic E-state index is 11.5. The van der Waals surface area contributed by atoms with Gasteiger partial charge in [0.1, 0.15) is 17.9 Å². The Morgan fingerprint density at radius 1 is 1.56 bits per heavy atom. The van der Waals surface area contributed by atoms with Crippen LogP contribution < -0.4 is 4.74 Å². The molecule has 0 fully saturated rings. The molecule has 0 aromatic heterocycles. The fourth-order valence-corrected chi connectivity index (χ4v) is 1.51. The minimum absolute atomic E-state index is 0.116. The Morgan fingerprint density at radius 3 is 2.81 bits per heavy atom. The highest BCUT2D eigenvalue weighted by Gasteiger charge is 2.15. The predicted molar refractivity (Wildman–Crippen MR) is 64.5 cm³/mol.